The summed E-state index contributed by atoms with van der Waals surface area (Å²) < 4.78 is 5.13. The minimum atomic E-state index is -0.804. The van der Waals surface area contributed by atoms with Gasteiger partial charge in [-0.25, -0.2) is 4.79 Å². The Morgan fingerprint density at radius 3 is 2.48 bits per heavy atom. The molecule has 0 radical (unpaired) electrons. The summed E-state index contributed by atoms with van der Waals surface area (Å²) in [5.41, 5.74) is 2.85. The lowest BCUT2D eigenvalue weighted by atomic mass is 9.98. The van der Waals surface area contributed by atoms with Crippen LogP contribution in [-0.4, -0.2) is 37.5 Å². The number of para-hydroxylation sites is 1. The maximum Gasteiger partial charge on any atom is 0.341 e. The van der Waals surface area contributed by atoms with Crippen LogP contribution >= 0.6 is 0 Å². The number of anilines is 2. The van der Waals surface area contributed by atoms with E-state index in [2.05, 4.69) is 5.32 Å². The lowest BCUT2D eigenvalue weighted by Gasteiger charge is -2.17. The van der Waals surface area contributed by atoms with E-state index in [1.54, 1.807) is 19.0 Å². The summed E-state index contributed by atoms with van der Waals surface area (Å²) in [6.07, 6.45) is 0. The van der Waals surface area contributed by atoms with Crippen LogP contribution < -0.4 is 10.2 Å². The van der Waals surface area contributed by atoms with Gasteiger partial charge in [0.2, 0.25) is 0 Å². The van der Waals surface area contributed by atoms with Crippen molar-refractivity contribution in [3.8, 4) is 0 Å². The predicted octanol–water partition coefficient (Wildman–Crippen LogP) is 3.89. The smallest absolute Gasteiger partial charge is 0.341 e. The van der Waals surface area contributed by atoms with Crippen molar-refractivity contribution in [3.05, 3.63) is 63.2 Å². The number of hydrogen-bond donors (Lipinski definition) is 1. The number of carbonyl (C=O) groups is 2. The van der Waals surface area contributed by atoms with Crippen molar-refractivity contribution in [3.63, 3.8) is 0 Å². The summed E-state index contributed by atoms with van der Waals surface area (Å²) >= 11 is 0. The minimum absolute atomic E-state index is 0.0239. The van der Waals surface area contributed by atoms with Crippen molar-refractivity contribution < 1.29 is 19.2 Å². The maximum atomic E-state index is 12.5. The molecule has 0 aliphatic rings. The Morgan fingerprint density at radius 1 is 1.21 bits per heavy atom. The molecule has 8 heteroatoms. The van der Waals surface area contributed by atoms with E-state index < -0.39 is 23.4 Å². The topological polar surface area (TPSA) is 102 Å². The molecule has 0 aliphatic carbocycles. The molecule has 0 saturated carbocycles. The largest absolute Gasteiger partial charge is 0.452 e. The zero-order chi connectivity index (χ0) is 21.7. The summed E-state index contributed by atoms with van der Waals surface area (Å²) in [5, 5.41) is 13.8. The van der Waals surface area contributed by atoms with Gasteiger partial charge in [0, 0.05) is 31.9 Å². The standard InChI is InChI=1S/C21H25N3O5/c1-13(2)16-8-6-7-14(3)20(16)22-19(25)12-29-21(26)17-11-15(24(27)28)9-10-18(17)23(4)5/h6-11,13H,12H2,1-5H3,(H,22,25). The van der Waals surface area contributed by atoms with Crippen LogP contribution in [0.25, 0.3) is 0 Å². The van der Waals surface area contributed by atoms with Gasteiger partial charge in [0.1, 0.15) is 0 Å². The Kier molecular flexibility index (Phi) is 6.93. The Balaban J connectivity index is 2.15. The lowest BCUT2D eigenvalue weighted by molar-refractivity contribution is -0.384. The van der Waals surface area contributed by atoms with Gasteiger partial charge in [-0.05, 0) is 30.0 Å². The summed E-state index contributed by atoms with van der Waals surface area (Å²) in [6.45, 7) is 5.44. The molecule has 0 heterocycles. The number of amides is 1. The number of carbonyl (C=O) groups excluding carboxylic acids is 2. The molecule has 0 atom stereocenters. The zero-order valence-corrected chi connectivity index (χ0v) is 17.2. The monoisotopic (exact) mass is 399 g/mol. The highest BCUT2D eigenvalue weighted by atomic mass is 16.6. The number of nitro benzene ring substituents is 1. The summed E-state index contributed by atoms with van der Waals surface area (Å²) in [5.74, 6) is -1.08. The maximum absolute atomic E-state index is 12.5. The van der Waals surface area contributed by atoms with Crippen LogP contribution in [0.15, 0.2) is 36.4 Å². The van der Waals surface area contributed by atoms with Crippen molar-refractivity contribution in [2.45, 2.75) is 26.7 Å². The van der Waals surface area contributed by atoms with Gasteiger partial charge in [-0.2, -0.15) is 0 Å². The Labute approximate surface area is 169 Å². The first kappa shape index (κ1) is 21.9. The van der Waals surface area contributed by atoms with Crippen LogP contribution in [0.1, 0.15) is 41.3 Å². The van der Waals surface area contributed by atoms with E-state index in [4.69, 9.17) is 4.74 Å². The van der Waals surface area contributed by atoms with Crippen LogP contribution in [0, 0.1) is 17.0 Å². The molecule has 1 N–H and O–H groups in total. The Morgan fingerprint density at radius 2 is 1.90 bits per heavy atom. The third-order valence-corrected chi connectivity index (χ3v) is 4.42. The number of aryl methyl sites for hydroxylation is 1. The molecule has 154 valence electrons. The molecular weight excluding hydrogens is 374 g/mol. The number of nitro groups is 1. The fourth-order valence-corrected chi connectivity index (χ4v) is 2.92. The Hall–Kier alpha value is -3.42. The van der Waals surface area contributed by atoms with Gasteiger partial charge in [-0.15, -0.1) is 0 Å². The fraction of sp³-hybridized carbons (Fsp3) is 0.333. The van der Waals surface area contributed by atoms with E-state index in [0.717, 1.165) is 17.2 Å². The highest BCUT2D eigenvalue weighted by molar-refractivity contribution is 5.99. The molecule has 2 rings (SSSR count). The molecule has 29 heavy (non-hydrogen) atoms. The number of non-ortho nitro benzene ring substituents is 1. The number of ether oxygens (including phenoxy) is 1. The second kappa shape index (κ2) is 9.18. The van der Waals surface area contributed by atoms with Crippen molar-refractivity contribution in [2.24, 2.45) is 0 Å². The molecule has 8 nitrogen and oxygen atoms in total. The second-order valence-corrected chi connectivity index (χ2v) is 7.17. The quantitative estimate of drug-likeness (QED) is 0.431. The van der Waals surface area contributed by atoms with E-state index in [0.29, 0.717) is 11.4 Å². The van der Waals surface area contributed by atoms with Crippen molar-refractivity contribution in [1.82, 2.24) is 0 Å². The first-order chi connectivity index (χ1) is 13.6. The summed E-state index contributed by atoms with van der Waals surface area (Å²) in [4.78, 5) is 36.9. The number of nitrogens with zero attached hydrogens (tertiary/aromatic N) is 2. The molecule has 2 aromatic carbocycles. The summed E-state index contributed by atoms with van der Waals surface area (Å²) in [7, 11) is 3.41. The van der Waals surface area contributed by atoms with Gasteiger partial charge in [0.05, 0.1) is 16.2 Å². The van der Waals surface area contributed by atoms with E-state index in [9.17, 15) is 19.7 Å². The van der Waals surface area contributed by atoms with Gasteiger partial charge >= 0.3 is 5.97 Å². The van der Waals surface area contributed by atoms with Gasteiger partial charge in [-0.1, -0.05) is 32.0 Å². The molecule has 0 unspecified atom stereocenters. The molecule has 1 amide bonds. The molecule has 0 bridgehead atoms. The first-order valence-corrected chi connectivity index (χ1v) is 9.14. The average molecular weight is 399 g/mol. The lowest BCUT2D eigenvalue weighted by Crippen LogP contribution is -2.23. The van der Waals surface area contributed by atoms with Crippen molar-refractivity contribution >= 4 is 28.9 Å². The van der Waals surface area contributed by atoms with Crippen LogP contribution in [0.5, 0.6) is 0 Å². The average Bonchev–Trinajstić information content (AvgIpc) is 2.66. The molecule has 2 aromatic rings. The van der Waals surface area contributed by atoms with Crippen molar-refractivity contribution in [1.29, 1.82) is 0 Å². The highest BCUT2D eigenvalue weighted by Crippen LogP contribution is 2.28. The fourth-order valence-electron chi connectivity index (χ4n) is 2.92. The second-order valence-electron chi connectivity index (χ2n) is 7.17. The third-order valence-electron chi connectivity index (χ3n) is 4.42. The minimum Gasteiger partial charge on any atom is -0.452 e. The van der Waals surface area contributed by atoms with E-state index in [1.807, 2.05) is 39.0 Å². The number of nitrogens with one attached hydrogen (secondary N) is 1. The van der Waals surface area contributed by atoms with Crippen LogP contribution in [0.4, 0.5) is 17.1 Å². The van der Waals surface area contributed by atoms with Crippen molar-refractivity contribution in [2.75, 3.05) is 30.9 Å². The van der Waals surface area contributed by atoms with Gasteiger partial charge in [0.15, 0.2) is 6.61 Å². The molecule has 0 saturated heterocycles. The van der Waals surface area contributed by atoms with Crippen LogP contribution in [0.3, 0.4) is 0 Å². The first-order valence-electron chi connectivity index (χ1n) is 9.14. The summed E-state index contributed by atoms with van der Waals surface area (Å²) in [6, 6.07) is 9.67. The van der Waals surface area contributed by atoms with Gasteiger partial charge in [-0.3, -0.25) is 14.9 Å². The van der Waals surface area contributed by atoms with Crippen LogP contribution in [0.2, 0.25) is 0 Å². The number of esters is 1. The predicted molar refractivity (Wildman–Crippen MR) is 112 cm³/mol. The van der Waals surface area contributed by atoms with Crippen LogP contribution in [-0.2, 0) is 9.53 Å². The van der Waals surface area contributed by atoms with E-state index >= 15 is 0 Å². The normalized spacial score (nSPS) is 10.6. The molecule has 0 spiro atoms. The Bertz CT molecular complexity index is 938. The van der Waals surface area contributed by atoms with E-state index in [-0.39, 0.29) is 17.2 Å². The van der Waals surface area contributed by atoms with Gasteiger partial charge in [0.25, 0.3) is 11.6 Å². The zero-order valence-electron chi connectivity index (χ0n) is 17.2. The molecule has 0 fully saturated rings. The third kappa shape index (κ3) is 5.31. The highest BCUT2D eigenvalue weighted by Gasteiger charge is 2.20. The number of rotatable bonds is 7. The molecular formula is C21H25N3O5. The SMILES string of the molecule is Cc1cccc(C(C)C)c1NC(=O)COC(=O)c1cc([N+](=O)[O-])ccc1N(C)C. The van der Waals surface area contributed by atoms with E-state index in [1.165, 1.54) is 12.1 Å². The number of benzene rings is 2. The molecule has 0 aliphatic heterocycles. The number of hydrogen-bond acceptors (Lipinski definition) is 6. The molecule has 0 aromatic heterocycles. The van der Waals surface area contributed by atoms with Gasteiger partial charge < -0.3 is 15.0 Å².